The van der Waals surface area contributed by atoms with Crippen molar-refractivity contribution >= 4 is 16.8 Å². The van der Waals surface area contributed by atoms with E-state index in [1.165, 1.54) is 0 Å². The van der Waals surface area contributed by atoms with Crippen molar-refractivity contribution in [3.8, 4) is 0 Å². The van der Waals surface area contributed by atoms with E-state index in [1.54, 1.807) is 6.92 Å². The molecule has 0 radical (unpaired) electrons. The van der Waals surface area contributed by atoms with Crippen molar-refractivity contribution in [3.05, 3.63) is 0 Å². The highest BCUT2D eigenvalue weighted by atomic mass is 35.5. The van der Waals surface area contributed by atoms with E-state index in [2.05, 4.69) is 0 Å². The molecule has 0 aromatic heterocycles. The third-order valence-corrected chi connectivity index (χ3v) is 2.84. The highest BCUT2D eigenvalue weighted by Gasteiger charge is 2.58. The first kappa shape index (κ1) is 7.53. The van der Waals surface area contributed by atoms with Gasteiger partial charge in [-0.05, 0) is 18.5 Å². The summed E-state index contributed by atoms with van der Waals surface area (Å²) in [5, 5.41) is -0.345. The molecule has 2 aliphatic rings. The van der Waals surface area contributed by atoms with Crippen molar-refractivity contribution in [2.45, 2.75) is 19.1 Å². The summed E-state index contributed by atoms with van der Waals surface area (Å²) in [6, 6.07) is 0. The molecule has 0 bridgehead atoms. The van der Waals surface area contributed by atoms with Crippen LogP contribution >= 0.6 is 11.6 Å². The highest BCUT2D eigenvalue weighted by Crippen LogP contribution is 2.43. The standard InChI is InChI=1S/C7H9ClO3/c1-7(6(8)9,4-2-10-4)5-3-11-5/h4-5H,2-3H2,1H3. The number of ether oxygens (including phenoxy) is 2. The Morgan fingerprint density at radius 2 is 1.82 bits per heavy atom. The van der Waals surface area contributed by atoms with Gasteiger partial charge in [0.15, 0.2) is 0 Å². The lowest BCUT2D eigenvalue weighted by molar-refractivity contribution is -0.121. The Morgan fingerprint density at radius 1 is 1.45 bits per heavy atom. The molecule has 0 amide bonds. The van der Waals surface area contributed by atoms with Gasteiger partial charge in [-0.3, -0.25) is 4.79 Å². The highest BCUT2D eigenvalue weighted by molar-refractivity contribution is 6.64. The Kier molecular flexibility index (Phi) is 1.50. The van der Waals surface area contributed by atoms with Crippen molar-refractivity contribution in [1.29, 1.82) is 0 Å². The number of carbonyl (C=O) groups excluding carboxylic acids is 1. The maximum absolute atomic E-state index is 11.0. The summed E-state index contributed by atoms with van der Waals surface area (Å²) in [4.78, 5) is 11.0. The third-order valence-electron chi connectivity index (χ3n) is 2.43. The molecule has 2 saturated heterocycles. The molecule has 2 atom stereocenters. The molecule has 0 aromatic rings. The van der Waals surface area contributed by atoms with Crippen molar-refractivity contribution in [1.82, 2.24) is 0 Å². The quantitative estimate of drug-likeness (QED) is 0.466. The first-order valence-corrected chi connectivity index (χ1v) is 3.96. The van der Waals surface area contributed by atoms with Gasteiger partial charge in [0.05, 0.1) is 30.8 Å². The molecule has 2 heterocycles. The van der Waals surface area contributed by atoms with Crippen molar-refractivity contribution in [2.75, 3.05) is 13.2 Å². The molecule has 0 aromatic carbocycles. The number of rotatable bonds is 3. The van der Waals surface area contributed by atoms with Crippen LogP contribution in [-0.2, 0) is 14.3 Å². The van der Waals surface area contributed by atoms with Crippen LogP contribution < -0.4 is 0 Å². The summed E-state index contributed by atoms with van der Waals surface area (Å²) in [6.07, 6.45) is -0.0278. The van der Waals surface area contributed by atoms with E-state index in [0.717, 1.165) is 0 Å². The van der Waals surface area contributed by atoms with E-state index >= 15 is 0 Å². The Hall–Kier alpha value is -0.120. The Bertz CT molecular complexity index is 184. The Labute approximate surface area is 69.6 Å². The normalized spacial score (nSPS) is 39.5. The average Bonchev–Trinajstić information content (AvgIpc) is 2.79. The maximum Gasteiger partial charge on any atom is 0.232 e. The number of hydrogen-bond acceptors (Lipinski definition) is 3. The lowest BCUT2D eigenvalue weighted by Gasteiger charge is -2.19. The summed E-state index contributed by atoms with van der Waals surface area (Å²) in [5.74, 6) is 0. The summed E-state index contributed by atoms with van der Waals surface area (Å²) >= 11 is 5.46. The van der Waals surface area contributed by atoms with Gasteiger partial charge in [-0.15, -0.1) is 0 Å². The third kappa shape index (κ3) is 1.08. The molecular weight excluding hydrogens is 168 g/mol. The van der Waals surface area contributed by atoms with Gasteiger partial charge in [0.1, 0.15) is 0 Å². The fourth-order valence-electron chi connectivity index (χ4n) is 1.25. The minimum Gasteiger partial charge on any atom is -0.372 e. The van der Waals surface area contributed by atoms with E-state index in [9.17, 15) is 4.79 Å². The van der Waals surface area contributed by atoms with Gasteiger partial charge in [-0.25, -0.2) is 0 Å². The number of epoxide rings is 2. The molecule has 2 fully saturated rings. The zero-order valence-corrected chi connectivity index (χ0v) is 6.93. The molecule has 0 aliphatic carbocycles. The fraction of sp³-hybridized carbons (Fsp3) is 0.857. The van der Waals surface area contributed by atoms with E-state index < -0.39 is 5.41 Å². The molecule has 2 unspecified atom stereocenters. The second-order valence-electron chi connectivity index (χ2n) is 3.20. The zero-order valence-electron chi connectivity index (χ0n) is 6.17. The summed E-state index contributed by atoms with van der Waals surface area (Å²) in [6.45, 7) is 3.07. The average molecular weight is 177 g/mol. The minimum absolute atomic E-state index is 0.0139. The predicted molar refractivity (Wildman–Crippen MR) is 38.4 cm³/mol. The first-order chi connectivity index (χ1) is 5.15. The van der Waals surface area contributed by atoms with Crippen LogP contribution in [0.2, 0.25) is 0 Å². The molecule has 62 valence electrons. The van der Waals surface area contributed by atoms with E-state index in [1.807, 2.05) is 0 Å². The Morgan fingerprint density at radius 3 is 2.00 bits per heavy atom. The molecule has 0 N–H and O–H groups in total. The SMILES string of the molecule is CC(C(=O)Cl)(C1CO1)C1CO1. The van der Waals surface area contributed by atoms with Crippen LogP contribution in [0.15, 0.2) is 0 Å². The van der Waals surface area contributed by atoms with Gasteiger partial charge in [0.25, 0.3) is 0 Å². The lowest BCUT2D eigenvalue weighted by atomic mass is 9.85. The van der Waals surface area contributed by atoms with Crippen LogP contribution in [0.5, 0.6) is 0 Å². The zero-order chi connectivity index (χ0) is 8.06. The van der Waals surface area contributed by atoms with Crippen LogP contribution in [0.25, 0.3) is 0 Å². The van der Waals surface area contributed by atoms with Crippen LogP contribution in [0.1, 0.15) is 6.92 Å². The summed E-state index contributed by atoms with van der Waals surface area (Å²) < 4.78 is 10.1. The molecule has 0 spiro atoms. The topological polar surface area (TPSA) is 42.1 Å². The van der Waals surface area contributed by atoms with Crippen LogP contribution in [-0.4, -0.2) is 30.7 Å². The van der Waals surface area contributed by atoms with Gasteiger partial charge < -0.3 is 9.47 Å². The van der Waals surface area contributed by atoms with Gasteiger partial charge in [-0.2, -0.15) is 0 Å². The second kappa shape index (κ2) is 2.19. The van der Waals surface area contributed by atoms with Crippen LogP contribution in [0.4, 0.5) is 0 Å². The Balaban J connectivity index is 2.16. The molecule has 11 heavy (non-hydrogen) atoms. The molecule has 2 aliphatic heterocycles. The first-order valence-electron chi connectivity index (χ1n) is 3.59. The number of carbonyl (C=O) groups is 1. The van der Waals surface area contributed by atoms with E-state index in [-0.39, 0.29) is 17.5 Å². The monoisotopic (exact) mass is 176 g/mol. The summed E-state index contributed by atoms with van der Waals surface area (Å²) in [7, 11) is 0. The van der Waals surface area contributed by atoms with Crippen molar-refractivity contribution in [3.63, 3.8) is 0 Å². The number of halogens is 1. The van der Waals surface area contributed by atoms with Gasteiger partial charge in [0, 0.05) is 0 Å². The number of hydrogen-bond donors (Lipinski definition) is 0. The molecule has 4 heteroatoms. The smallest absolute Gasteiger partial charge is 0.232 e. The van der Waals surface area contributed by atoms with Crippen molar-refractivity contribution < 1.29 is 14.3 Å². The van der Waals surface area contributed by atoms with Gasteiger partial charge in [0.2, 0.25) is 5.24 Å². The van der Waals surface area contributed by atoms with Crippen molar-refractivity contribution in [2.24, 2.45) is 5.41 Å². The lowest BCUT2D eigenvalue weighted by Crippen LogP contribution is -2.36. The second-order valence-corrected chi connectivity index (χ2v) is 3.54. The van der Waals surface area contributed by atoms with Gasteiger partial charge in [-0.1, -0.05) is 0 Å². The molecular formula is C7H9ClO3. The predicted octanol–water partition coefficient (Wildman–Crippen LogP) is 0.556. The largest absolute Gasteiger partial charge is 0.372 e. The fourth-order valence-corrected chi connectivity index (χ4v) is 1.49. The van der Waals surface area contributed by atoms with E-state index in [0.29, 0.717) is 13.2 Å². The molecule has 3 nitrogen and oxygen atoms in total. The van der Waals surface area contributed by atoms with Crippen LogP contribution in [0, 0.1) is 5.41 Å². The minimum atomic E-state index is -0.596. The maximum atomic E-state index is 11.0. The van der Waals surface area contributed by atoms with E-state index in [4.69, 9.17) is 21.1 Å². The van der Waals surface area contributed by atoms with Gasteiger partial charge >= 0.3 is 0 Å². The van der Waals surface area contributed by atoms with Crippen LogP contribution in [0.3, 0.4) is 0 Å². The summed E-state index contributed by atoms with van der Waals surface area (Å²) in [5.41, 5.74) is -0.596. The molecule has 2 rings (SSSR count). The molecule has 0 saturated carbocycles.